The van der Waals surface area contributed by atoms with Crippen LogP contribution in [-0.2, 0) is 14.4 Å². The second-order valence-electron chi connectivity index (χ2n) is 5.45. The Morgan fingerprint density at radius 1 is 1.26 bits per heavy atom. The molecule has 9 heteroatoms. The standard InChI is InChI=1S/C14H20N4O4.ClH/c1-4-6-17-12(20)13(21)18(14(17)22)8-11(19)16-7-5-15-9(2)10(16)3;/h4,9-10,15H,1,5-8H2,2-3H3;1H. The van der Waals surface area contributed by atoms with Crippen LogP contribution in [0.3, 0.4) is 0 Å². The molecule has 1 N–H and O–H groups in total. The normalized spacial score (nSPS) is 24.8. The molecule has 8 nitrogen and oxygen atoms in total. The van der Waals surface area contributed by atoms with Gasteiger partial charge in [0.25, 0.3) is 0 Å². The Kier molecular flexibility index (Phi) is 6.28. The van der Waals surface area contributed by atoms with E-state index < -0.39 is 24.4 Å². The maximum absolute atomic E-state index is 12.4. The first-order valence-corrected chi connectivity index (χ1v) is 7.19. The van der Waals surface area contributed by atoms with Gasteiger partial charge in [-0.2, -0.15) is 0 Å². The van der Waals surface area contributed by atoms with Gasteiger partial charge in [-0.25, -0.2) is 9.69 Å². The van der Waals surface area contributed by atoms with E-state index in [0.29, 0.717) is 18.0 Å². The minimum atomic E-state index is -0.962. The van der Waals surface area contributed by atoms with Crippen LogP contribution in [0.2, 0.25) is 0 Å². The lowest BCUT2D eigenvalue weighted by Crippen LogP contribution is -2.59. The first kappa shape index (κ1) is 19.1. The first-order chi connectivity index (χ1) is 10.4. The van der Waals surface area contributed by atoms with Gasteiger partial charge in [0.15, 0.2) is 0 Å². The molecule has 0 bridgehead atoms. The third kappa shape index (κ3) is 3.53. The minimum Gasteiger partial charge on any atom is -0.336 e. The van der Waals surface area contributed by atoms with Crippen molar-refractivity contribution in [1.82, 2.24) is 20.0 Å². The van der Waals surface area contributed by atoms with E-state index in [0.717, 1.165) is 4.90 Å². The average molecular weight is 345 g/mol. The van der Waals surface area contributed by atoms with Crippen LogP contribution in [0, 0.1) is 0 Å². The van der Waals surface area contributed by atoms with Crippen molar-refractivity contribution in [1.29, 1.82) is 0 Å². The van der Waals surface area contributed by atoms with Crippen LogP contribution >= 0.6 is 12.4 Å². The van der Waals surface area contributed by atoms with Gasteiger partial charge in [-0.3, -0.25) is 19.3 Å². The van der Waals surface area contributed by atoms with Gasteiger partial charge in [-0.05, 0) is 13.8 Å². The monoisotopic (exact) mass is 344 g/mol. The topological polar surface area (TPSA) is 90.0 Å². The van der Waals surface area contributed by atoms with Gasteiger partial charge in [-0.15, -0.1) is 19.0 Å². The highest BCUT2D eigenvalue weighted by Crippen LogP contribution is 2.14. The SMILES string of the molecule is C=CCN1C(=O)C(=O)N(CC(=O)N2CCNC(C)C2C)C1=O.Cl. The molecule has 2 aliphatic heterocycles. The van der Waals surface area contributed by atoms with Gasteiger partial charge in [0.05, 0.1) is 0 Å². The van der Waals surface area contributed by atoms with Crippen LogP contribution in [0.25, 0.3) is 0 Å². The van der Waals surface area contributed by atoms with Crippen molar-refractivity contribution in [2.75, 3.05) is 26.2 Å². The molecular formula is C14H21ClN4O4. The van der Waals surface area contributed by atoms with Crippen molar-refractivity contribution < 1.29 is 19.2 Å². The number of piperazine rings is 1. The van der Waals surface area contributed by atoms with E-state index in [1.165, 1.54) is 6.08 Å². The molecule has 2 saturated heterocycles. The minimum absolute atomic E-state index is 0. The van der Waals surface area contributed by atoms with Gasteiger partial charge in [0.2, 0.25) is 5.91 Å². The lowest BCUT2D eigenvalue weighted by atomic mass is 10.1. The average Bonchev–Trinajstić information content (AvgIpc) is 2.68. The maximum Gasteiger partial charge on any atom is 0.335 e. The first-order valence-electron chi connectivity index (χ1n) is 7.19. The molecule has 23 heavy (non-hydrogen) atoms. The van der Waals surface area contributed by atoms with Crippen molar-refractivity contribution >= 4 is 36.2 Å². The molecule has 5 amide bonds. The highest BCUT2D eigenvalue weighted by atomic mass is 35.5. The molecule has 2 rings (SSSR count). The summed E-state index contributed by atoms with van der Waals surface area (Å²) >= 11 is 0. The third-order valence-electron chi connectivity index (χ3n) is 4.09. The zero-order valence-corrected chi connectivity index (χ0v) is 14.0. The fraction of sp³-hybridized carbons (Fsp3) is 0.571. The van der Waals surface area contributed by atoms with Crippen molar-refractivity contribution in [2.24, 2.45) is 0 Å². The Hall–Kier alpha value is -1.93. The predicted molar refractivity (Wildman–Crippen MR) is 84.9 cm³/mol. The second kappa shape index (κ2) is 7.56. The second-order valence-corrected chi connectivity index (χ2v) is 5.45. The smallest absolute Gasteiger partial charge is 0.335 e. The maximum atomic E-state index is 12.4. The number of amides is 5. The van der Waals surface area contributed by atoms with Crippen LogP contribution in [0.4, 0.5) is 4.79 Å². The van der Waals surface area contributed by atoms with Crippen LogP contribution in [-0.4, -0.2) is 76.7 Å². The van der Waals surface area contributed by atoms with E-state index >= 15 is 0 Å². The summed E-state index contributed by atoms with van der Waals surface area (Å²) in [7, 11) is 0. The molecular weight excluding hydrogens is 324 g/mol. The molecule has 2 aliphatic rings. The number of halogens is 1. The molecule has 0 saturated carbocycles. The van der Waals surface area contributed by atoms with Gasteiger partial charge in [0, 0.05) is 31.7 Å². The lowest BCUT2D eigenvalue weighted by Gasteiger charge is -2.39. The number of rotatable bonds is 4. The number of urea groups is 1. The lowest BCUT2D eigenvalue weighted by molar-refractivity contribution is -0.145. The van der Waals surface area contributed by atoms with Crippen molar-refractivity contribution in [2.45, 2.75) is 25.9 Å². The molecule has 128 valence electrons. The summed E-state index contributed by atoms with van der Waals surface area (Å²) in [6.07, 6.45) is 1.36. The Bertz CT molecular complexity index is 539. The zero-order chi connectivity index (χ0) is 16.4. The summed E-state index contributed by atoms with van der Waals surface area (Å²) in [5.41, 5.74) is 0. The van der Waals surface area contributed by atoms with Gasteiger partial charge < -0.3 is 10.2 Å². The number of hydrogen-bond donors (Lipinski definition) is 1. The summed E-state index contributed by atoms with van der Waals surface area (Å²) in [6, 6.07) is -0.685. The number of carbonyl (C=O) groups is 4. The summed E-state index contributed by atoms with van der Waals surface area (Å²) in [5, 5.41) is 3.24. The van der Waals surface area contributed by atoms with E-state index in [1.807, 2.05) is 13.8 Å². The highest BCUT2D eigenvalue weighted by molar-refractivity contribution is 6.45. The quantitative estimate of drug-likeness (QED) is 0.425. The van der Waals surface area contributed by atoms with E-state index in [4.69, 9.17) is 0 Å². The summed E-state index contributed by atoms with van der Waals surface area (Å²) in [6.45, 7) is 8.01. The number of nitrogens with one attached hydrogen (secondary N) is 1. The number of nitrogens with zero attached hydrogens (tertiary/aromatic N) is 3. The molecule has 0 radical (unpaired) electrons. The van der Waals surface area contributed by atoms with Crippen LogP contribution in [0.5, 0.6) is 0 Å². The van der Waals surface area contributed by atoms with Crippen molar-refractivity contribution in [3.05, 3.63) is 12.7 Å². The number of imide groups is 2. The molecule has 0 aromatic rings. The molecule has 0 aromatic carbocycles. The Labute approximate surface area is 140 Å². The molecule has 0 aliphatic carbocycles. The van der Waals surface area contributed by atoms with Crippen LogP contribution < -0.4 is 5.32 Å². The van der Waals surface area contributed by atoms with Gasteiger partial charge in [-0.1, -0.05) is 6.08 Å². The summed E-state index contributed by atoms with van der Waals surface area (Å²) in [4.78, 5) is 51.1. The Morgan fingerprint density at radius 2 is 1.87 bits per heavy atom. The van der Waals surface area contributed by atoms with E-state index in [1.54, 1.807) is 4.90 Å². The molecule has 0 spiro atoms. The molecule has 2 unspecified atom stereocenters. The number of carbonyl (C=O) groups excluding carboxylic acids is 4. The number of hydrogen-bond acceptors (Lipinski definition) is 5. The Balaban J connectivity index is 0.00000264. The largest absolute Gasteiger partial charge is 0.336 e. The molecule has 2 fully saturated rings. The molecule has 2 heterocycles. The van der Waals surface area contributed by atoms with Gasteiger partial charge >= 0.3 is 17.8 Å². The fourth-order valence-electron chi connectivity index (χ4n) is 2.61. The predicted octanol–water partition coefficient (Wildman–Crippen LogP) is -0.406. The third-order valence-corrected chi connectivity index (χ3v) is 4.09. The van der Waals surface area contributed by atoms with Gasteiger partial charge in [0.1, 0.15) is 6.54 Å². The summed E-state index contributed by atoms with van der Waals surface area (Å²) < 4.78 is 0. The van der Waals surface area contributed by atoms with Crippen molar-refractivity contribution in [3.8, 4) is 0 Å². The van der Waals surface area contributed by atoms with E-state index in [2.05, 4.69) is 11.9 Å². The fourth-order valence-corrected chi connectivity index (χ4v) is 2.61. The van der Waals surface area contributed by atoms with Crippen LogP contribution in [0.15, 0.2) is 12.7 Å². The van der Waals surface area contributed by atoms with E-state index in [-0.39, 0.29) is 36.9 Å². The molecule has 0 aromatic heterocycles. The highest BCUT2D eigenvalue weighted by Gasteiger charge is 2.45. The summed E-state index contributed by atoms with van der Waals surface area (Å²) in [5.74, 6) is -2.22. The molecule has 2 atom stereocenters. The zero-order valence-electron chi connectivity index (χ0n) is 13.2. The van der Waals surface area contributed by atoms with Crippen molar-refractivity contribution in [3.63, 3.8) is 0 Å². The van der Waals surface area contributed by atoms with E-state index in [9.17, 15) is 19.2 Å². The Morgan fingerprint density at radius 3 is 2.48 bits per heavy atom. The van der Waals surface area contributed by atoms with Crippen LogP contribution in [0.1, 0.15) is 13.8 Å².